The highest BCUT2D eigenvalue weighted by Crippen LogP contribution is 2.17. The Morgan fingerprint density at radius 1 is 1.30 bits per heavy atom. The van der Waals surface area contributed by atoms with Gasteiger partial charge in [-0.2, -0.15) is 5.26 Å². The molecule has 0 radical (unpaired) electrons. The minimum Gasteiger partial charge on any atom is -0.305 e. The first-order valence-electron chi connectivity index (χ1n) is 6.14. The van der Waals surface area contributed by atoms with E-state index in [1.807, 2.05) is 19.1 Å². The number of nitrogens with one attached hydrogen (secondary N) is 1. The molecule has 0 aliphatic heterocycles. The predicted molar refractivity (Wildman–Crippen MR) is 70.6 cm³/mol. The second kappa shape index (κ2) is 6.22. The molecule has 2 aromatic rings. The molecule has 102 valence electrons. The molecule has 0 aliphatic carbocycles. The average molecular weight is 273 g/mol. The lowest BCUT2D eigenvalue weighted by Gasteiger charge is -2.14. The molecule has 5 heteroatoms. The van der Waals surface area contributed by atoms with Crippen LogP contribution >= 0.6 is 0 Å². The van der Waals surface area contributed by atoms with Crippen LogP contribution in [0, 0.1) is 23.0 Å². The Morgan fingerprint density at radius 2 is 2.00 bits per heavy atom. The fourth-order valence-electron chi connectivity index (χ4n) is 1.83. The van der Waals surface area contributed by atoms with Crippen molar-refractivity contribution in [3.63, 3.8) is 0 Å². The van der Waals surface area contributed by atoms with Gasteiger partial charge in [-0.3, -0.25) is 4.98 Å². The van der Waals surface area contributed by atoms with E-state index in [1.54, 1.807) is 18.3 Å². The molecule has 1 N–H and O–H groups in total. The van der Waals surface area contributed by atoms with Gasteiger partial charge in [0.25, 0.3) is 0 Å². The number of rotatable bonds is 4. The molecule has 1 unspecified atom stereocenters. The lowest BCUT2D eigenvalue weighted by molar-refractivity contribution is 0.504. The van der Waals surface area contributed by atoms with Crippen LogP contribution in [0.2, 0.25) is 0 Å². The van der Waals surface area contributed by atoms with Crippen molar-refractivity contribution in [2.45, 2.75) is 19.5 Å². The zero-order valence-electron chi connectivity index (χ0n) is 10.9. The Balaban J connectivity index is 2.10. The lowest BCUT2D eigenvalue weighted by atomic mass is 10.1. The van der Waals surface area contributed by atoms with E-state index in [4.69, 9.17) is 5.26 Å². The second-order valence-electron chi connectivity index (χ2n) is 4.39. The topological polar surface area (TPSA) is 48.7 Å². The number of hydrogen-bond acceptors (Lipinski definition) is 3. The van der Waals surface area contributed by atoms with Crippen LogP contribution in [0.4, 0.5) is 8.78 Å². The molecular formula is C15H13F2N3. The van der Waals surface area contributed by atoms with Gasteiger partial charge in [0.2, 0.25) is 0 Å². The smallest absolute Gasteiger partial charge is 0.131 e. The molecule has 1 aromatic heterocycles. The summed E-state index contributed by atoms with van der Waals surface area (Å²) in [6, 6.07) is 9.14. The fraction of sp³-hybridized carbons (Fsp3) is 0.200. The number of nitriles is 1. The normalized spacial score (nSPS) is 11.9. The van der Waals surface area contributed by atoms with E-state index in [0.717, 1.165) is 17.8 Å². The van der Waals surface area contributed by atoms with Crippen molar-refractivity contribution in [3.05, 3.63) is 65.0 Å². The Hall–Kier alpha value is -2.32. The molecule has 1 aromatic carbocycles. The number of benzene rings is 1. The van der Waals surface area contributed by atoms with Gasteiger partial charge in [0.1, 0.15) is 11.6 Å². The van der Waals surface area contributed by atoms with Gasteiger partial charge in [-0.05, 0) is 31.2 Å². The van der Waals surface area contributed by atoms with Crippen LogP contribution in [0.25, 0.3) is 0 Å². The highest BCUT2D eigenvalue weighted by Gasteiger charge is 2.13. The van der Waals surface area contributed by atoms with E-state index in [2.05, 4.69) is 10.3 Å². The predicted octanol–water partition coefficient (Wildman–Crippen LogP) is 3.08. The minimum atomic E-state index is -0.720. The van der Waals surface area contributed by atoms with Gasteiger partial charge in [0, 0.05) is 24.3 Å². The van der Waals surface area contributed by atoms with Gasteiger partial charge in [-0.25, -0.2) is 8.78 Å². The first-order chi connectivity index (χ1) is 9.61. The maximum atomic E-state index is 13.7. The third-order valence-corrected chi connectivity index (χ3v) is 2.99. The number of halogens is 2. The highest BCUT2D eigenvalue weighted by atomic mass is 19.1. The highest BCUT2D eigenvalue weighted by molar-refractivity contribution is 5.34. The third-order valence-electron chi connectivity index (χ3n) is 2.99. The Bertz CT molecular complexity index is 612. The van der Waals surface area contributed by atoms with Gasteiger partial charge in [-0.15, -0.1) is 0 Å². The summed E-state index contributed by atoms with van der Waals surface area (Å²) in [5.74, 6) is -1.44. The van der Waals surface area contributed by atoms with Crippen LogP contribution in [0.15, 0.2) is 36.5 Å². The SMILES string of the molecule is CC(NCc1c(F)cc(C#N)cc1F)c1ccccn1. The van der Waals surface area contributed by atoms with E-state index in [1.165, 1.54) is 0 Å². The molecule has 1 atom stereocenters. The van der Waals surface area contributed by atoms with Crippen molar-refractivity contribution in [2.75, 3.05) is 0 Å². The van der Waals surface area contributed by atoms with Crippen LogP contribution in [-0.2, 0) is 6.54 Å². The van der Waals surface area contributed by atoms with Crippen molar-refractivity contribution >= 4 is 0 Å². The van der Waals surface area contributed by atoms with E-state index in [9.17, 15) is 8.78 Å². The van der Waals surface area contributed by atoms with Crippen molar-refractivity contribution in [2.24, 2.45) is 0 Å². The number of aromatic nitrogens is 1. The van der Waals surface area contributed by atoms with Crippen molar-refractivity contribution in [1.82, 2.24) is 10.3 Å². The van der Waals surface area contributed by atoms with E-state index >= 15 is 0 Å². The summed E-state index contributed by atoms with van der Waals surface area (Å²) in [5.41, 5.74) is 0.690. The molecule has 20 heavy (non-hydrogen) atoms. The Morgan fingerprint density at radius 3 is 2.55 bits per heavy atom. The summed E-state index contributed by atoms with van der Waals surface area (Å²) in [5, 5.41) is 11.6. The van der Waals surface area contributed by atoms with Gasteiger partial charge in [0.05, 0.1) is 17.3 Å². The van der Waals surface area contributed by atoms with Crippen LogP contribution in [0.3, 0.4) is 0 Å². The van der Waals surface area contributed by atoms with Crippen LogP contribution in [0.5, 0.6) is 0 Å². The molecular weight excluding hydrogens is 260 g/mol. The summed E-state index contributed by atoms with van der Waals surface area (Å²) in [4.78, 5) is 4.17. The molecule has 0 amide bonds. The van der Waals surface area contributed by atoms with Gasteiger partial charge >= 0.3 is 0 Å². The van der Waals surface area contributed by atoms with Crippen LogP contribution < -0.4 is 5.32 Å². The molecule has 0 saturated carbocycles. The largest absolute Gasteiger partial charge is 0.305 e. The molecule has 0 spiro atoms. The van der Waals surface area contributed by atoms with Gasteiger partial charge in [0.15, 0.2) is 0 Å². The quantitative estimate of drug-likeness (QED) is 0.931. The molecule has 0 saturated heterocycles. The third kappa shape index (κ3) is 3.16. The first-order valence-corrected chi connectivity index (χ1v) is 6.14. The zero-order valence-corrected chi connectivity index (χ0v) is 10.9. The lowest BCUT2D eigenvalue weighted by Crippen LogP contribution is -2.20. The van der Waals surface area contributed by atoms with E-state index in [0.29, 0.717) is 0 Å². The summed E-state index contributed by atoms with van der Waals surface area (Å²) >= 11 is 0. The molecule has 1 heterocycles. The Kier molecular flexibility index (Phi) is 4.38. The van der Waals surface area contributed by atoms with Crippen molar-refractivity contribution in [1.29, 1.82) is 5.26 Å². The summed E-state index contributed by atoms with van der Waals surface area (Å²) < 4.78 is 27.4. The van der Waals surface area contributed by atoms with Gasteiger partial charge < -0.3 is 5.32 Å². The van der Waals surface area contributed by atoms with Crippen LogP contribution in [-0.4, -0.2) is 4.98 Å². The molecule has 2 rings (SSSR count). The average Bonchev–Trinajstić information content (AvgIpc) is 2.46. The fourth-order valence-corrected chi connectivity index (χ4v) is 1.83. The number of hydrogen-bond donors (Lipinski definition) is 1. The maximum absolute atomic E-state index is 13.7. The molecule has 0 bridgehead atoms. The standard InChI is InChI=1S/C15H13F2N3/c1-10(15-4-2-3-5-19-15)20-9-12-13(16)6-11(8-18)7-14(12)17/h2-7,10,20H,9H2,1H3. The molecule has 0 fully saturated rings. The van der Waals surface area contributed by atoms with Crippen molar-refractivity contribution < 1.29 is 8.78 Å². The number of nitrogens with zero attached hydrogens (tertiary/aromatic N) is 2. The Labute approximate surface area is 115 Å². The minimum absolute atomic E-state index is 0.0264. The monoisotopic (exact) mass is 273 g/mol. The van der Waals surface area contributed by atoms with Gasteiger partial charge in [-0.1, -0.05) is 6.07 Å². The number of pyridine rings is 1. The second-order valence-corrected chi connectivity index (χ2v) is 4.39. The summed E-state index contributed by atoms with van der Waals surface area (Å²) in [6.07, 6.45) is 1.66. The van der Waals surface area contributed by atoms with Crippen LogP contribution in [0.1, 0.15) is 29.8 Å². The van der Waals surface area contributed by atoms with E-state index < -0.39 is 11.6 Å². The van der Waals surface area contributed by atoms with Crippen molar-refractivity contribution in [3.8, 4) is 6.07 Å². The summed E-state index contributed by atoms with van der Waals surface area (Å²) in [7, 11) is 0. The first kappa shape index (κ1) is 14.1. The van der Waals surface area contributed by atoms with E-state index in [-0.39, 0.29) is 23.7 Å². The maximum Gasteiger partial charge on any atom is 0.131 e. The molecule has 0 aliphatic rings. The molecule has 3 nitrogen and oxygen atoms in total. The zero-order chi connectivity index (χ0) is 14.5. The summed E-state index contributed by atoms with van der Waals surface area (Å²) in [6.45, 7) is 1.89.